The van der Waals surface area contributed by atoms with E-state index >= 15 is 0 Å². The standard InChI is InChI=1S/C16H14FN5O2S2/c17-11-5-2-1-4-10(11)15(24)20-18-13(23)7-8-22-14(19-21-16(22)25)12-6-3-9-26-12/h1-6,9H,7-8H2,(H,18,23)(H,20,24)(H,21,25). The molecule has 0 atom stereocenters. The van der Waals surface area contributed by atoms with Crippen molar-refractivity contribution in [2.75, 3.05) is 0 Å². The topological polar surface area (TPSA) is 91.8 Å². The molecular weight excluding hydrogens is 377 g/mol. The molecule has 0 aliphatic carbocycles. The predicted octanol–water partition coefficient (Wildman–Crippen LogP) is 2.66. The molecule has 1 aromatic carbocycles. The highest BCUT2D eigenvalue weighted by Crippen LogP contribution is 2.22. The van der Waals surface area contributed by atoms with Crippen LogP contribution in [-0.4, -0.2) is 26.6 Å². The summed E-state index contributed by atoms with van der Waals surface area (Å²) >= 11 is 6.70. The van der Waals surface area contributed by atoms with E-state index in [1.165, 1.54) is 35.6 Å². The number of hydrazine groups is 1. The first-order chi connectivity index (χ1) is 12.6. The number of nitrogens with zero attached hydrogens (tertiary/aromatic N) is 2. The summed E-state index contributed by atoms with van der Waals surface area (Å²) in [4.78, 5) is 24.8. The van der Waals surface area contributed by atoms with Gasteiger partial charge in [0.05, 0.1) is 10.4 Å². The molecule has 3 rings (SSSR count). The third-order valence-corrected chi connectivity index (χ3v) is 4.67. The van der Waals surface area contributed by atoms with Crippen LogP contribution in [0.2, 0.25) is 0 Å². The molecule has 134 valence electrons. The first kappa shape index (κ1) is 18.0. The molecule has 0 fully saturated rings. The van der Waals surface area contributed by atoms with E-state index in [1.54, 1.807) is 4.57 Å². The second kappa shape index (κ2) is 8.02. The molecule has 0 saturated heterocycles. The van der Waals surface area contributed by atoms with Gasteiger partial charge < -0.3 is 0 Å². The van der Waals surface area contributed by atoms with Gasteiger partial charge in [-0.15, -0.1) is 11.3 Å². The van der Waals surface area contributed by atoms with Gasteiger partial charge in [0.2, 0.25) is 5.91 Å². The highest BCUT2D eigenvalue weighted by molar-refractivity contribution is 7.71. The second-order valence-electron chi connectivity index (χ2n) is 5.21. The van der Waals surface area contributed by atoms with Crippen LogP contribution < -0.4 is 10.9 Å². The van der Waals surface area contributed by atoms with Crippen molar-refractivity contribution < 1.29 is 14.0 Å². The summed E-state index contributed by atoms with van der Waals surface area (Å²) in [6.07, 6.45) is 0.0593. The number of H-pyrrole nitrogens is 1. The lowest BCUT2D eigenvalue weighted by Crippen LogP contribution is -2.42. The highest BCUT2D eigenvalue weighted by atomic mass is 32.1. The monoisotopic (exact) mass is 391 g/mol. The van der Waals surface area contributed by atoms with Crippen LogP contribution in [0, 0.1) is 10.6 Å². The van der Waals surface area contributed by atoms with Crippen LogP contribution in [0.1, 0.15) is 16.8 Å². The van der Waals surface area contributed by atoms with E-state index in [1.807, 2.05) is 17.5 Å². The smallest absolute Gasteiger partial charge is 0.272 e. The molecule has 2 heterocycles. The zero-order chi connectivity index (χ0) is 18.5. The summed E-state index contributed by atoms with van der Waals surface area (Å²) in [5.41, 5.74) is 4.31. The molecule has 26 heavy (non-hydrogen) atoms. The Morgan fingerprint density at radius 3 is 2.77 bits per heavy atom. The van der Waals surface area contributed by atoms with E-state index in [-0.39, 0.29) is 18.5 Å². The van der Waals surface area contributed by atoms with E-state index in [0.29, 0.717) is 10.6 Å². The van der Waals surface area contributed by atoms with Crippen LogP contribution in [0.3, 0.4) is 0 Å². The van der Waals surface area contributed by atoms with Crippen molar-refractivity contribution in [2.24, 2.45) is 0 Å². The summed E-state index contributed by atoms with van der Waals surface area (Å²) < 4.78 is 15.6. The molecule has 7 nitrogen and oxygen atoms in total. The summed E-state index contributed by atoms with van der Waals surface area (Å²) in [6.45, 7) is 0.282. The maximum absolute atomic E-state index is 13.5. The number of amides is 2. The number of halogens is 1. The average Bonchev–Trinajstić information content (AvgIpc) is 3.28. The van der Waals surface area contributed by atoms with Crippen LogP contribution in [-0.2, 0) is 11.3 Å². The molecule has 0 saturated carbocycles. The number of aromatic nitrogens is 3. The largest absolute Gasteiger partial charge is 0.299 e. The number of benzene rings is 1. The Balaban J connectivity index is 1.57. The van der Waals surface area contributed by atoms with E-state index in [9.17, 15) is 14.0 Å². The van der Waals surface area contributed by atoms with Gasteiger partial charge in [0, 0.05) is 13.0 Å². The van der Waals surface area contributed by atoms with Crippen LogP contribution in [0.25, 0.3) is 10.7 Å². The van der Waals surface area contributed by atoms with Crippen molar-refractivity contribution in [2.45, 2.75) is 13.0 Å². The normalized spacial score (nSPS) is 10.5. The van der Waals surface area contributed by atoms with Crippen molar-refractivity contribution in [1.82, 2.24) is 25.6 Å². The second-order valence-corrected chi connectivity index (χ2v) is 6.55. The van der Waals surface area contributed by atoms with Crippen molar-refractivity contribution in [1.29, 1.82) is 0 Å². The van der Waals surface area contributed by atoms with Gasteiger partial charge in [-0.2, -0.15) is 5.10 Å². The number of hydrogen-bond acceptors (Lipinski definition) is 5. The van der Waals surface area contributed by atoms with Gasteiger partial charge in [0.1, 0.15) is 5.82 Å². The van der Waals surface area contributed by atoms with Crippen molar-refractivity contribution in [3.63, 3.8) is 0 Å². The fourth-order valence-corrected chi connectivity index (χ4v) is 3.18. The van der Waals surface area contributed by atoms with Gasteiger partial charge in [0.25, 0.3) is 5.91 Å². The summed E-state index contributed by atoms with van der Waals surface area (Å²) in [5.74, 6) is -1.18. The SMILES string of the molecule is O=C(CCn1c(-c2cccs2)n[nH]c1=S)NNC(=O)c1ccccc1F. The first-order valence-electron chi connectivity index (χ1n) is 7.59. The Kier molecular flexibility index (Phi) is 5.54. The number of carbonyl (C=O) groups is 2. The molecule has 0 unspecified atom stereocenters. The first-order valence-corrected chi connectivity index (χ1v) is 8.88. The zero-order valence-electron chi connectivity index (χ0n) is 13.4. The van der Waals surface area contributed by atoms with Crippen LogP contribution in [0.4, 0.5) is 4.39 Å². The average molecular weight is 391 g/mol. The minimum atomic E-state index is -0.726. The van der Waals surface area contributed by atoms with Crippen molar-refractivity contribution in [3.8, 4) is 10.7 Å². The van der Waals surface area contributed by atoms with Crippen LogP contribution in [0.5, 0.6) is 0 Å². The predicted molar refractivity (Wildman–Crippen MR) is 97.4 cm³/mol. The van der Waals surface area contributed by atoms with Crippen LogP contribution in [0.15, 0.2) is 41.8 Å². The van der Waals surface area contributed by atoms with Crippen LogP contribution >= 0.6 is 23.6 Å². The minimum Gasteiger partial charge on any atom is -0.299 e. The minimum absolute atomic E-state index is 0.0593. The van der Waals surface area contributed by atoms with E-state index in [0.717, 1.165) is 4.88 Å². The third kappa shape index (κ3) is 4.03. The molecule has 0 bridgehead atoms. The molecule has 0 spiro atoms. The number of rotatable bonds is 5. The van der Waals surface area contributed by atoms with E-state index in [2.05, 4.69) is 21.0 Å². The molecule has 0 radical (unpaired) electrons. The maximum Gasteiger partial charge on any atom is 0.272 e. The summed E-state index contributed by atoms with van der Waals surface area (Å²) in [6, 6.07) is 9.31. The van der Waals surface area contributed by atoms with Crippen molar-refractivity contribution in [3.05, 3.63) is 57.9 Å². The number of thiophene rings is 1. The van der Waals surface area contributed by atoms with Gasteiger partial charge in [-0.1, -0.05) is 18.2 Å². The van der Waals surface area contributed by atoms with Crippen molar-refractivity contribution >= 4 is 35.4 Å². The quantitative estimate of drug-likeness (QED) is 0.461. The van der Waals surface area contributed by atoms with Gasteiger partial charge in [-0.25, -0.2) is 4.39 Å². The molecule has 10 heteroatoms. The maximum atomic E-state index is 13.5. The molecule has 0 aliphatic heterocycles. The Labute approximate surface area is 156 Å². The Morgan fingerprint density at radius 2 is 2.04 bits per heavy atom. The molecule has 3 N–H and O–H groups in total. The Morgan fingerprint density at radius 1 is 1.23 bits per heavy atom. The number of hydrogen-bond donors (Lipinski definition) is 3. The Hall–Kier alpha value is -2.85. The summed E-state index contributed by atoms with van der Waals surface area (Å²) in [7, 11) is 0. The summed E-state index contributed by atoms with van der Waals surface area (Å²) in [5, 5.41) is 8.80. The molecule has 2 amide bonds. The number of aromatic amines is 1. The fraction of sp³-hybridized carbons (Fsp3) is 0.125. The molecule has 0 aliphatic rings. The van der Waals surface area contributed by atoms with Gasteiger partial charge >= 0.3 is 0 Å². The Bertz CT molecular complexity index is 981. The van der Waals surface area contributed by atoms with Gasteiger partial charge in [-0.05, 0) is 35.8 Å². The lowest BCUT2D eigenvalue weighted by molar-refractivity contribution is -0.122. The van der Waals surface area contributed by atoms with E-state index in [4.69, 9.17) is 12.2 Å². The molecule has 3 aromatic rings. The highest BCUT2D eigenvalue weighted by Gasteiger charge is 2.13. The van der Waals surface area contributed by atoms with E-state index < -0.39 is 17.6 Å². The molecular formula is C16H14FN5O2S2. The third-order valence-electron chi connectivity index (χ3n) is 3.50. The lowest BCUT2D eigenvalue weighted by atomic mass is 10.2. The lowest BCUT2D eigenvalue weighted by Gasteiger charge is -2.09. The number of carbonyl (C=O) groups excluding carboxylic acids is 2. The molecule has 2 aromatic heterocycles. The van der Waals surface area contributed by atoms with Gasteiger partial charge in [-0.3, -0.25) is 30.1 Å². The van der Waals surface area contributed by atoms with Gasteiger partial charge in [0.15, 0.2) is 10.6 Å². The zero-order valence-corrected chi connectivity index (χ0v) is 15.0. The number of nitrogens with one attached hydrogen (secondary N) is 3. The fourth-order valence-electron chi connectivity index (χ4n) is 2.23.